The number of fused-ring (bicyclic) bond motifs is 1. The lowest BCUT2D eigenvalue weighted by Crippen LogP contribution is -2.26. The van der Waals surface area contributed by atoms with Gasteiger partial charge in [0.15, 0.2) is 17.1 Å². The molecule has 1 N–H and O–H groups in total. The van der Waals surface area contributed by atoms with E-state index in [9.17, 15) is 9.59 Å². The molecule has 0 fully saturated rings. The molecular weight excluding hydrogens is 446 g/mol. The van der Waals surface area contributed by atoms with Crippen LogP contribution in [0.2, 0.25) is 0 Å². The number of aryl methyl sites for hydroxylation is 1. The first-order valence-corrected chi connectivity index (χ1v) is 11.1. The van der Waals surface area contributed by atoms with Gasteiger partial charge in [-0.3, -0.25) is 14.2 Å². The van der Waals surface area contributed by atoms with E-state index in [1.807, 2.05) is 37.3 Å². The van der Waals surface area contributed by atoms with Gasteiger partial charge in [-0.15, -0.1) is 0 Å². The van der Waals surface area contributed by atoms with Crippen LogP contribution in [0.5, 0.6) is 11.5 Å². The summed E-state index contributed by atoms with van der Waals surface area (Å²) in [7, 11) is 3.13. The summed E-state index contributed by atoms with van der Waals surface area (Å²) >= 11 is 0. The maximum atomic E-state index is 12.9. The van der Waals surface area contributed by atoms with E-state index >= 15 is 0 Å². The van der Waals surface area contributed by atoms with E-state index in [1.165, 1.54) is 24.2 Å². The molecule has 0 radical (unpaired) electrons. The van der Waals surface area contributed by atoms with Gasteiger partial charge in [0.1, 0.15) is 11.7 Å². The lowest BCUT2D eigenvalue weighted by Gasteiger charge is -2.08. The van der Waals surface area contributed by atoms with Crippen LogP contribution in [0.4, 0.5) is 0 Å². The van der Waals surface area contributed by atoms with Gasteiger partial charge in [0.05, 0.1) is 33.5 Å². The van der Waals surface area contributed by atoms with Gasteiger partial charge >= 0.3 is 0 Å². The molecule has 0 saturated heterocycles. The van der Waals surface area contributed by atoms with E-state index < -0.39 is 0 Å². The zero-order valence-corrected chi connectivity index (χ0v) is 19.9. The average molecular weight is 474 g/mol. The second-order valence-corrected chi connectivity index (χ2v) is 8.01. The monoisotopic (exact) mass is 473 g/mol. The number of aromatic nitrogens is 4. The molecule has 0 aliphatic heterocycles. The Balaban J connectivity index is 1.36. The molecule has 9 nitrogen and oxygen atoms in total. The van der Waals surface area contributed by atoms with E-state index in [4.69, 9.17) is 9.47 Å². The SMILES string of the molecule is COc1ccc(/C=C\C(=O)NCCn2ncc3c(=O)n(Cc4ccc(C)cc4)cnc32)cc1OC. The fourth-order valence-electron chi connectivity index (χ4n) is 3.64. The number of nitrogens with zero attached hydrogens (tertiary/aromatic N) is 4. The molecule has 0 unspecified atom stereocenters. The lowest BCUT2D eigenvalue weighted by molar-refractivity contribution is -0.116. The summed E-state index contributed by atoms with van der Waals surface area (Å²) in [5, 5.41) is 7.55. The predicted molar refractivity (Wildman–Crippen MR) is 134 cm³/mol. The molecule has 2 aromatic heterocycles. The van der Waals surface area contributed by atoms with Crippen LogP contribution < -0.4 is 20.3 Å². The third-order valence-electron chi connectivity index (χ3n) is 5.55. The van der Waals surface area contributed by atoms with Crippen LogP contribution in [0.15, 0.2) is 65.9 Å². The number of ether oxygens (including phenoxy) is 2. The van der Waals surface area contributed by atoms with Gasteiger partial charge in [-0.2, -0.15) is 5.10 Å². The Kier molecular flexibility index (Phi) is 7.25. The molecule has 2 heterocycles. The zero-order valence-electron chi connectivity index (χ0n) is 19.9. The largest absolute Gasteiger partial charge is 0.493 e. The van der Waals surface area contributed by atoms with Gasteiger partial charge in [-0.1, -0.05) is 35.9 Å². The minimum atomic E-state index is -0.246. The van der Waals surface area contributed by atoms with E-state index in [1.54, 1.807) is 41.7 Å². The molecule has 180 valence electrons. The normalized spacial score (nSPS) is 11.2. The number of amides is 1. The van der Waals surface area contributed by atoms with Crippen molar-refractivity contribution in [2.24, 2.45) is 0 Å². The first-order chi connectivity index (χ1) is 17.0. The van der Waals surface area contributed by atoms with Crippen molar-refractivity contribution in [3.8, 4) is 11.5 Å². The van der Waals surface area contributed by atoms with Crippen LogP contribution in [0, 0.1) is 6.92 Å². The van der Waals surface area contributed by atoms with E-state index in [2.05, 4.69) is 15.4 Å². The molecule has 0 atom stereocenters. The minimum Gasteiger partial charge on any atom is -0.493 e. The first-order valence-electron chi connectivity index (χ1n) is 11.1. The van der Waals surface area contributed by atoms with Crippen LogP contribution in [0.1, 0.15) is 16.7 Å². The number of nitrogens with one attached hydrogen (secondary N) is 1. The van der Waals surface area contributed by atoms with Crippen LogP contribution in [0.25, 0.3) is 17.1 Å². The Morgan fingerprint density at radius 1 is 1.09 bits per heavy atom. The molecule has 0 bridgehead atoms. The number of benzene rings is 2. The molecule has 1 amide bonds. The van der Waals surface area contributed by atoms with Crippen LogP contribution >= 0.6 is 0 Å². The van der Waals surface area contributed by atoms with Crippen molar-refractivity contribution in [3.05, 3.63) is 88.1 Å². The highest BCUT2D eigenvalue weighted by molar-refractivity contribution is 5.91. The van der Waals surface area contributed by atoms with Crippen LogP contribution in [0.3, 0.4) is 0 Å². The second kappa shape index (κ2) is 10.7. The van der Waals surface area contributed by atoms with Crippen molar-refractivity contribution in [1.82, 2.24) is 24.6 Å². The number of methoxy groups -OCH3 is 2. The van der Waals surface area contributed by atoms with Crippen molar-refractivity contribution in [3.63, 3.8) is 0 Å². The topological polar surface area (TPSA) is 100 Å². The number of rotatable bonds is 9. The molecule has 9 heteroatoms. The second-order valence-electron chi connectivity index (χ2n) is 8.01. The Labute approximate surface area is 202 Å². The smallest absolute Gasteiger partial charge is 0.264 e. The molecule has 0 saturated carbocycles. The Morgan fingerprint density at radius 3 is 2.60 bits per heavy atom. The number of carbonyl (C=O) groups excluding carboxylic acids is 1. The molecule has 2 aromatic carbocycles. The minimum absolute atomic E-state index is 0.149. The molecule has 0 aliphatic rings. The Morgan fingerprint density at radius 2 is 1.86 bits per heavy atom. The number of hydrogen-bond donors (Lipinski definition) is 1. The van der Waals surface area contributed by atoms with E-state index in [-0.39, 0.29) is 11.5 Å². The third-order valence-corrected chi connectivity index (χ3v) is 5.55. The van der Waals surface area contributed by atoms with Gasteiger partial charge in [-0.05, 0) is 36.3 Å². The molecule has 35 heavy (non-hydrogen) atoms. The highest BCUT2D eigenvalue weighted by Gasteiger charge is 2.11. The number of carbonyl (C=O) groups is 1. The maximum Gasteiger partial charge on any atom is 0.264 e. The summed E-state index contributed by atoms with van der Waals surface area (Å²) in [6.07, 6.45) is 6.20. The Bertz CT molecular complexity index is 1420. The van der Waals surface area contributed by atoms with E-state index in [0.717, 1.165) is 11.1 Å². The average Bonchev–Trinajstić information content (AvgIpc) is 3.29. The van der Waals surface area contributed by atoms with Crippen molar-refractivity contribution >= 4 is 23.0 Å². The van der Waals surface area contributed by atoms with Crippen molar-refractivity contribution in [1.29, 1.82) is 0 Å². The van der Waals surface area contributed by atoms with Crippen molar-refractivity contribution < 1.29 is 14.3 Å². The van der Waals surface area contributed by atoms with E-state index in [0.29, 0.717) is 42.2 Å². The van der Waals surface area contributed by atoms with Crippen LogP contribution in [-0.4, -0.2) is 46.0 Å². The summed E-state index contributed by atoms with van der Waals surface area (Å²) in [4.78, 5) is 29.5. The zero-order chi connectivity index (χ0) is 24.8. The lowest BCUT2D eigenvalue weighted by atomic mass is 10.1. The van der Waals surface area contributed by atoms with Crippen molar-refractivity contribution in [2.45, 2.75) is 20.0 Å². The maximum absolute atomic E-state index is 12.9. The Hall–Kier alpha value is -4.40. The van der Waals surface area contributed by atoms with Gasteiger partial charge < -0.3 is 14.8 Å². The fourth-order valence-corrected chi connectivity index (χ4v) is 3.64. The summed E-state index contributed by atoms with van der Waals surface area (Å²) in [6.45, 7) is 3.18. The van der Waals surface area contributed by atoms with Gasteiger partial charge in [0.25, 0.3) is 5.56 Å². The predicted octanol–water partition coefficient (Wildman–Crippen LogP) is 2.80. The molecule has 0 aliphatic carbocycles. The molecule has 4 rings (SSSR count). The summed E-state index contributed by atoms with van der Waals surface area (Å²) in [5.41, 5.74) is 3.34. The standard InChI is InChI=1S/C26H27N5O4/c1-18-4-6-20(7-5-18)16-30-17-28-25-21(26(30)33)15-29-31(25)13-12-27-24(32)11-9-19-8-10-22(34-2)23(14-19)35-3/h4-11,14-15,17H,12-13,16H2,1-3H3,(H,27,32)/b11-9-. The molecule has 4 aromatic rings. The van der Waals surface area contributed by atoms with Gasteiger partial charge in [0.2, 0.25) is 5.91 Å². The molecule has 0 spiro atoms. The van der Waals surface area contributed by atoms with Crippen LogP contribution in [-0.2, 0) is 17.9 Å². The fraction of sp³-hybridized carbons (Fsp3) is 0.231. The highest BCUT2D eigenvalue weighted by Crippen LogP contribution is 2.27. The summed E-state index contributed by atoms with van der Waals surface area (Å²) in [5.74, 6) is 0.965. The highest BCUT2D eigenvalue weighted by atomic mass is 16.5. The summed E-state index contributed by atoms with van der Waals surface area (Å²) in [6, 6.07) is 13.4. The summed E-state index contributed by atoms with van der Waals surface area (Å²) < 4.78 is 13.7. The van der Waals surface area contributed by atoms with Crippen molar-refractivity contribution in [2.75, 3.05) is 20.8 Å². The van der Waals surface area contributed by atoms with Gasteiger partial charge in [-0.25, -0.2) is 9.67 Å². The quantitative estimate of drug-likeness (QED) is 0.375. The first kappa shape index (κ1) is 23.7. The van der Waals surface area contributed by atoms with Gasteiger partial charge in [0, 0.05) is 12.6 Å². The third kappa shape index (κ3) is 5.57. The number of hydrogen-bond acceptors (Lipinski definition) is 6. The molecular formula is C26H27N5O4.